The molecular formula is C22H29NO5. The van der Waals surface area contributed by atoms with Gasteiger partial charge in [0.2, 0.25) is 5.91 Å². The first-order chi connectivity index (χ1) is 13.4. The molecule has 0 bridgehead atoms. The summed E-state index contributed by atoms with van der Waals surface area (Å²) in [7, 11) is 1.56. The Hall–Kier alpha value is -2.50. The molecule has 0 saturated carbocycles. The number of allylic oxidation sites excluding steroid dienone is 2. The maximum Gasteiger partial charge on any atom is 0.342 e. The number of rotatable bonds is 6. The number of methoxy groups -OCH3 is 1. The van der Waals surface area contributed by atoms with Gasteiger partial charge < -0.3 is 19.5 Å². The summed E-state index contributed by atoms with van der Waals surface area (Å²) in [5, 5.41) is 10.6. The molecule has 1 N–H and O–H groups in total. The van der Waals surface area contributed by atoms with Gasteiger partial charge in [-0.2, -0.15) is 0 Å². The second-order valence-corrected chi connectivity index (χ2v) is 7.61. The first kappa shape index (κ1) is 20.2. The van der Waals surface area contributed by atoms with Crippen LogP contribution in [0.5, 0.6) is 11.5 Å². The number of carbonyl (C=O) groups is 2. The maximum atomic E-state index is 12.3. The molecule has 0 aromatic heterocycles. The Morgan fingerprint density at radius 2 is 1.96 bits per heavy atom. The van der Waals surface area contributed by atoms with Gasteiger partial charge in [-0.1, -0.05) is 11.6 Å². The highest BCUT2D eigenvalue weighted by molar-refractivity contribution is 5.98. The van der Waals surface area contributed by atoms with Crippen LogP contribution in [0.15, 0.2) is 11.6 Å². The molecule has 2 aliphatic rings. The van der Waals surface area contributed by atoms with E-state index in [-0.39, 0.29) is 23.8 Å². The van der Waals surface area contributed by atoms with Gasteiger partial charge in [0.15, 0.2) is 0 Å². The van der Waals surface area contributed by atoms with Gasteiger partial charge in [-0.3, -0.25) is 4.79 Å². The molecule has 1 aromatic rings. The number of carbonyl (C=O) groups excluding carboxylic acids is 2. The van der Waals surface area contributed by atoms with E-state index in [1.54, 1.807) is 7.11 Å². The highest BCUT2D eigenvalue weighted by Gasteiger charge is 2.31. The number of fused-ring (bicyclic) bond motifs is 1. The zero-order chi connectivity index (χ0) is 20.3. The Morgan fingerprint density at radius 1 is 1.25 bits per heavy atom. The maximum absolute atomic E-state index is 12.3. The van der Waals surface area contributed by atoms with Crippen molar-refractivity contribution in [3.63, 3.8) is 0 Å². The summed E-state index contributed by atoms with van der Waals surface area (Å²) in [5.41, 5.74) is 3.42. The van der Waals surface area contributed by atoms with E-state index >= 15 is 0 Å². The fourth-order valence-electron chi connectivity index (χ4n) is 4.01. The Morgan fingerprint density at radius 3 is 2.64 bits per heavy atom. The molecule has 6 heteroatoms. The van der Waals surface area contributed by atoms with Gasteiger partial charge in [-0.25, -0.2) is 4.79 Å². The lowest BCUT2D eigenvalue weighted by molar-refractivity contribution is -0.132. The molecule has 1 saturated heterocycles. The Bertz CT molecular complexity index is 806. The summed E-state index contributed by atoms with van der Waals surface area (Å²) in [5.74, 6) is 0.243. The lowest BCUT2D eigenvalue weighted by atomic mass is 9.94. The Kier molecular flexibility index (Phi) is 6.27. The molecule has 0 radical (unpaired) electrons. The number of piperidine rings is 1. The summed E-state index contributed by atoms with van der Waals surface area (Å²) in [4.78, 5) is 26.3. The number of hydrogen-bond acceptors (Lipinski definition) is 5. The van der Waals surface area contributed by atoms with Gasteiger partial charge in [-0.15, -0.1) is 0 Å². The van der Waals surface area contributed by atoms with Crippen LogP contribution in [0.2, 0.25) is 0 Å². The van der Waals surface area contributed by atoms with Crippen LogP contribution in [-0.2, 0) is 22.6 Å². The fraction of sp³-hybridized carbons (Fsp3) is 0.545. The van der Waals surface area contributed by atoms with Gasteiger partial charge in [0.25, 0.3) is 0 Å². The predicted octanol–water partition coefficient (Wildman–Crippen LogP) is 3.66. The first-order valence-corrected chi connectivity index (χ1v) is 9.95. The molecule has 2 aliphatic heterocycles. The van der Waals surface area contributed by atoms with Crippen LogP contribution < -0.4 is 4.74 Å². The standard InChI is InChI=1S/C22H29NO5/c1-14(8-10-18(24)23-11-5-4-6-12-23)7-9-16-20(25)19-17(13-28-22(19)26)15(2)21(16)27-3/h7,25H,4-6,8-13H2,1-3H3. The molecule has 2 heterocycles. The Labute approximate surface area is 166 Å². The van der Waals surface area contributed by atoms with Gasteiger partial charge in [0.05, 0.1) is 7.11 Å². The molecule has 152 valence electrons. The number of benzene rings is 1. The number of hydrogen-bond donors (Lipinski definition) is 1. The van der Waals surface area contributed by atoms with Crippen molar-refractivity contribution in [3.8, 4) is 11.5 Å². The van der Waals surface area contributed by atoms with Crippen LogP contribution in [-0.4, -0.2) is 42.1 Å². The van der Waals surface area contributed by atoms with Crippen LogP contribution in [0.3, 0.4) is 0 Å². The third-order valence-electron chi connectivity index (χ3n) is 5.74. The van der Waals surface area contributed by atoms with Crippen molar-refractivity contribution in [2.45, 2.75) is 59.0 Å². The first-order valence-electron chi connectivity index (χ1n) is 9.95. The summed E-state index contributed by atoms with van der Waals surface area (Å²) < 4.78 is 10.6. The van der Waals surface area contributed by atoms with E-state index < -0.39 is 5.97 Å². The van der Waals surface area contributed by atoms with Crippen molar-refractivity contribution in [2.75, 3.05) is 20.2 Å². The number of esters is 1. The van der Waals surface area contributed by atoms with Gasteiger partial charge in [0, 0.05) is 30.6 Å². The quantitative estimate of drug-likeness (QED) is 0.595. The van der Waals surface area contributed by atoms with Gasteiger partial charge in [0.1, 0.15) is 23.7 Å². The van der Waals surface area contributed by atoms with E-state index in [0.29, 0.717) is 36.1 Å². The highest BCUT2D eigenvalue weighted by atomic mass is 16.5. The van der Waals surface area contributed by atoms with Crippen LogP contribution >= 0.6 is 0 Å². The lowest BCUT2D eigenvalue weighted by Crippen LogP contribution is -2.35. The third kappa shape index (κ3) is 4.01. The van der Waals surface area contributed by atoms with Crippen LogP contribution in [0.1, 0.15) is 66.1 Å². The molecule has 0 unspecified atom stereocenters. The number of phenolic OH excluding ortho intramolecular Hbond substituents is 1. The molecule has 0 atom stereocenters. The zero-order valence-corrected chi connectivity index (χ0v) is 17.0. The molecule has 6 nitrogen and oxygen atoms in total. The summed E-state index contributed by atoms with van der Waals surface area (Å²) in [6, 6.07) is 0. The van der Waals surface area contributed by atoms with Crippen LogP contribution in [0.25, 0.3) is 0 Å². The predicted molar refractivity (Wildman–Crippen MR) is 106 cm³/mol. The monoisotopic (exact) mass is 387 g/mol. The van der Waals surface area contributed by atoms with E-state index in [1.807, 2.05) is 24.8 Å². The average molecular weight is 387 g/mol. The van der Waals surface area contributed by atoms with Gasteiger partial charge in [-0.05, 0) is 51.5 Å². The van der Waals surface area contributed by atoms with Crippen LogP contribution in [0.4, 0.5) is 0 Å². The third-order valence-corrected chi connectivity index (χ3v) is 5.74. The van der Waals surface area contributed by atoms with E-state index in [4.69, 9.17) is 9.47 Å². The molecule has 1 aromatic carbocycles. The average Bonchev–Trinajstić information content (AvgIpc) is 3.10. The number of nitrogens with zero attached hydrogens (tertiary/aromatic N) is 1. The second kappa shape index (κ2) is 8.67. The van der Waals surface area contributed by atoms with E-state index in [9.17, 15) is 14.7 Å². The van der Waals surface area contributed by atoms with E-state index in [2.05, 4.69) is 0 Å². The van der Waals surface area contributed by atoms with Crippen LogP contribution in [0, 0.1) is 6.92 Å². The second-order valence-electron chi connectivity index (χ2n) is 7.61. The van der Waals surface area contributed by atoms with E-state index in [0.717, 1.165) is 37.1 Å². The van der Waals surface area contributed by atoms with Crippen molar-refractivity contribution in [3.05, 3.63) is 33.9 Å². The zero-order valence-electron chi connectivity index (χ0n) is 17.0. The minimum Gasteiger partial charge on any atom is -0.507 e. The minimum absolute atomic E-state index is 0.0617. The summed E-state index contributed by atoms with van der Waals surface area (Å²) in [6.07, 6.45) is 7.01. The topological polar surface area (TPSA) is 76.1 Å². The molecule has 1 amide bonds. The fourth-order valence-corrected chi connectivity index (χ4v) is 4.01. The SMILES string of the molecule is COc1c(C)c2c(c(O)c1CC=C(C)CCC(=O)N1CCCCC1)C(=O)OC2. The molecule has 0 spiro atoms. The number of ether oxygens (including phenoxy) is 2. The van der Waals surface area contributed by atoms with Crippen molar-refractivity contribution in [2.24, 2.45) is 0 Å². The molecule has 28 heavy (non-hydrogen) atoms. The molecular weight excluding hydrogens is 358 g/mol. The highest BCUT2D eigenvalue weighted by Crippen LogP contribution is 2.42. The molecule has 1 fully saturated rings. The molecule has 0 aliphatic carbocycles. The normalized spacial score (nSPS) is 16.8. The van der Waals surface area contributed by atoms with Crippen molar-refractivity contribution >= 4 is 11.9 Å². The summed E-state index contributed by atoms with van der Waals surface area (Å²) in [6.45, 7) is 5.77. The lowest BCUT2D eigenvalue weighted by Gasteiger charge is -2.26. The number of phenols is 1. The number of cyclic esters (lactones) is 1. The largest absolute Gasteiger partial charge is 0.507 e. The number of amides is 1. The summed E-state index contributed by atoms with van der Waals surface area (Å²) >= 11 is 0. The molecule has 3 rings (SSSR count). The van der Waals surface area contributed by atoms with Crippen molar-refractivity contribution < 1.29 is 24.2 Å². The Balaban J connectivity index is 1.71. The van der Waals surface area contributed by atoms with Gasteiger partial charge >= 0.3 is 5.97 Å². The van der Waals surface area contributed by atoms with Crippen molar-refractivity contribution in [1.29, 1.82) is 0 Å². The van der Waals surface area contributed by atoms with E-state index in [1.165, 1.54) is 6.42 Å². The smallest absolute Gasteiger partial charge is 0.342 e. The van der Waals surface area contributed by atoms with Crippen molar-refractivity contribution in [1.82, 2.24) is 4.90 Å². The number of likely N-dealkylation sites (tertiary alicyclic amines) is 1. The number of aromatic hydroxyl groups is 1. The minimum atomic E-state index is -0.493.